The summed E-state index contributed by atoms with van der Waals surface area (Å²) in [4.78, 5) is 3.64. The zero-order chi connectivity index (χ0) is 20.5. The summed E-state index contributed by atoms with van der Waals surface area (Å²) in [6, 6.07) is 17.3. The van der Waals surface area contributed by atoms with Gasteiger partial charge in [-0.3, -0.25) is 0 Å². The van der Waals surface area contributed by atoms with Crippen molar-refractivity contribution in [1.29, 1.82) is 0 Å². The lowest BCUT2D eigenvalue weighted by molar-refractivity contribution is 0.838. The van der Waals surface area contributed by atoms with E-state index in [0.29, 0.717) is 16.6 Å². The summed E-state index contributed by atoms with van der Waals surface area (Å²) in [7, 11) is -1.78. The van der Waals surface area contributed by atoms with Crippen LogP contribution in [0.4, 0.5) is 0 Å². The molecule has 1 heterocycles. The van der Waals surface area contributed by atoms with Gasteiger partial charge in [0.2, 0.25) is 0 Å². The first-order valence-electron chi connectivity index (χ1n) is 10.5. The fourth-order valence-electron chi connectivity index (χ4n) is 4.81. The van der Waals surface area contributed by atoms with Crippen molar-refractivity contribution >= 4 is 19.0 Å². The third-order valence-electron chi connectivity index (χ3n) is 6.32. The minimum atomic E-state index is -1.78. The lowest BCUT2D eigenvalue weighted by Gasteiger charge is -2.38. The van der Waals surface area contributed by atoms with Gasteiger partial charge in [0.1, 0.15) is 8.07 Å². The second-order valence-corrected chi connectivity index (χ2v) is 14.5. The van der Waals surface area contributed by atoms with Crippen LogP contribution in [-0.2, 0) is 0 Å². The van der Waals surface area contributed by atoms with E-state index in [-0.39, 0.29) is 0 Å². The molecule has 0 saturated heterocycles. The van der Waals surface area contributed by atoms with Gasteiger partial charge in [0.05, 0.1) is 11.3 Å². The van der Waals surface area contributed by atoms with Crippen molar-refractivity contribution in [3.05, 3.63) is 59.7 Å². The number of nitrogens with one attached hydrogen (secondary N) is 1. The molecule has 0 aliphatic heterocycles. The molecule has 2 heteroatoms. The van der Waals surface area contributed by atoms with Crippen molar-refractivity contribution in [3.8, 4) is 22.7 Å². The molecular weight excluding hydrogens is 354 g/mol. The average Bonchev–Trinajstić information content (AvgIpc) is 3.01. The molecule has 2 aromatic carbocycles. The van der Waals surface area contributed by atoms with E-state index >= 15 is 0 Å². The number of rotatable bonds is 4. The number of aromatic nitrogens is 1. The van der Waals surface area contributed by atoms with Gasteiger partial charge in [-0.25, -0.2) is 0 Å². The molecular formula is C26H33NSi. The Bertz CT molecular complexity index is 988. The van der Waals surface area contributed by atoms with Crippen molar-refractivity contribution in [2.24, 2.45) is 0 Å². The fraction of sp³-hybridized carbons (Fsp3) is 0.385. The van der Waals surface area contributed by atoms with E-state index in [9.17, 15) is 0 Å². The quantitative estimate of drug-likeness (QED) is 0.348. The second kappa shape index (κ2) is 8.01. The fourth-order valence-corrected chi connectivity index (χ4v) is 10.0. The number of para-hydroxylation sites is 1. The van der Waals surface area contributed by atoms with E-state index in [2.05, 4.69) is 113 Å². The first-order chi connectivity index (χ1) is 13.3. The predicted molar refractivity (Wildman–Crippen MR) is 126 cm³/mol. The summed E-state index contributed by atoms with van der Waals surface area (Å²) in [6.07, 6.45) is 0. The Morgan fingerprint density at radius 1 is 0.786 bits per heavy atom. The number of H-pyrrole nitrogens is 1. The highest BCUT2D eigenvalue weighted by Gasteiger charge is 2.41. The maximum atomic E-state index is 3.92. The average molecular weight is 388 g/mol. The van der Waals surface area contributed by atoms with Crippen LogP contribution >= 0.6 is 0 Å². The summed E-state index contributed by atoms with van der Waals surface area (Å²) in [5.41, 5.74) is 11.8. The number of benzene rings is 2. The molecule has 28 heavy (non-hydrogen) atoms. The summed E-state index contributed by atoms with van der Waals surface area (Å²) < 4.78 is 0. The number of aryl methyl sites for hydroxylation is 1. The topological polar surface area (TPSA) is 15.8 Å². The summed E-state index contributed by atoms with van der Waals surface area (Å²) in [5.74, 6) is 3.71. The molecule has 3 rings (SSSR count). The summed E-state index contributed by atoms with van der Waals surface area (Å²) in [6.45, 7) is 16.4. The zero-order valence-electron chi connectivity index (χ0n) is 18.4. The molecule has 0 aliphatic rings. The van der Waals surface area contributed by atoms with E-state index in [1.807, 2.05) is 0 Å². The van der Waals surface area contributed by atoms with Crippen LogP contribution in [0.1, 0.15) is 52.7 Å². The third-order valence-corrected chi connectivity index (χ3v) is 12.6. The van der Waals surface area contributed by atoms with Crippen molar-refractivity contribution < 1.29 is 0 Å². The van der Waals surface area contributed by atoms with Crippen LogP contribution in [-0.4, -0.2) is 13.1 Å². The molecule has 1 nitrogen and oxygen atoms in total. The Morgan fingerprint density at radius 2 is 1.36 bits per heavy atom. The van der Waals surface area contributed by atoms with Gasteiger partial charge in [-0.15, -0.1) is 5.54 Å². The minimum Gasteiger partial charge on any atom is -0.353 e. The largest absolute Gasteiger partial charge is 0.353 e. The monoisotopic (exact) mass is 387 g/mol. The lowest BCUT2D eigenvalue weighted by atomic mass is 10.0. The molecule has 0 atom stereocenters. The van der Waals surface area contributed by atoms with Crippen molar-refractivity contribution in [2.45, 2.75) is 65.1 Å². The van der Waals surface area contributed by atoms with Crippen LogP contribution in [0.5, 0.6) is 0 Å². The van der Waals surface area contributed by atoms with Gasteiger partial charge in [0.25, 0.3) is 0 Å². The van der Waals surface area contributed by atoms with Gasteiger partial charge in [-0.05, 0) is 35.2 Å². The van der Waals surface area contributed by atoms with Crippen molar-refractivity contribution in [3.63, 3.8) is 0 Å². The van der Waals surface area contributed by atoms with Crippen LogP contribution in [0.25, 0.3) is 22.2 Å². The van der Waals surface area contributed by atoms with Gasteiger partial charge in [-0.1, -0.05) is 95.5 Å². The number of aromatic amines is 1. The minimum absolute atomic E-state index is 0.632. The Labute approximate surface area is 171 Å². The maximum absolute atomic E-state index is 3.92. The molecule has 0 unspecified atom stereocenters. The van der Waals surface area contributed by atoms with Crippen LogP contribution in [0.2, 0.25) is 16.6 Å². The predicted octanol–water partition coefficient (Wildman–Crippen LogP) is 7.71. The molecule has 146 valence electrons. The Hall–Kier alpha value is -2.24. The molecule has 0 bridgehead atoms. The molecule has 0 aliphatic carbocycles. The highest BCUT2D eigenvalue weighted by atomic mass is 28.3. The van der Waals surface area contributed by atoms with E-state index in [1.54, 1.807) is 0 Å². The first kappa shape index (κ1) is 20.5. The highest BCUT2D eigenvalue weighted by molar-refractivity contribution is 6.90. The van der Waals surface area contributed by atoms with Gasteiger partial charge >= 0.3 is 0 Å². The molecule has 3 aromatic rings. The molecule has 0 spiro atoms. The smallest absolute Gasteiger partial charge is 0.146 e. The molecule has 0 amide bonds. The summed E-state index contributed by atoms with van der Waals surface area (Å²) >= 11 is 0. The van der Waals surface area contributed by atoms with E-state index in [4.69, 9.17) is 0 Å². The zero-order valence-corrected chi connectivity index (χ0v) is 19.4. The SMILES string of the molecule is Cc1ccc(-c2[nH]c3ccccc3c2C#C[Si](C(C)C)(C(C)C)C(C)C)cc1. The van der Waals surface area contributed by atoms with Gasteiger partial charge in [0.15, 0.2) is 0 Å². The van der Waals surface area contributed by atoms with Gasteiger partial charge in [-0.2, -0.15) is 0 Å². The lowest BCUT2D eigenvalue weighted by Crippen LogP contribution is -2.43. The van der Waals surface area contributed by atoms with Crippen LogP contribution in [0, 0.1) is 18.4 Å². The van der Waals surface area contributed by atoms with Gasteiger partial charge < -0.3 is 4.98 Å². The summed E-state index contributed by atoms with van der Waals surface area (Å²) in [5, 5.41) is 1.23. The standard InChI is InChI=1S/C26H33NSi/c1-18(2)28(19(3)4,20(5)6)17-16-24-23-10-8-9-11-25(23)27-26(24)22-14-12-21(7)13-15-22/h8-15,18-20,27H,1-7H3. The van der Waals surface area contributed by atoms with Crippen molar-refractivity contribution in [2.75, 3.05) is 0 Å². The normalized spacial score (nSPS) is 12.1. The molecule has 1 N–H and O–H groups in total. The Kier molecular flexibility index (Phi) is 5.86. The molecule has 0 fully saturated rings. The van der Waals surface area contributed by atoms with E-state index in [0.717, 1.165) is 16.8 Å². The number of hydrogen-bond donors (Lipinski definition) is 1. The highest BCUT2D eigenvalue weighted by Crippen LogP contribution is 2.41. The third kappa shape index (κ3) is 3.56. The molecule has 0 radical (unpaired) electrons. The van der Waals surface area contributed by atoms with Crippen LogP contribution in [0.3, 0.4) is 0 Å². The van der Waals surface area contributed by atoms with Crippen molar-refractivity contribution in [1.82, 2.24) is 4.98 Å². The number of fused-ring (bicyclic) bond motifs is 1. The molecule has 1 aromatic heterocycles. The number of hydrogen-bond acceptors (Lipinski definition) is 0. The Morgan fingerprint density at radius 3 is 1.93 bits per heavy atom. The van der Waals surface area contributed by atoms with E-state index in [1.165, 1.54) is 16.5 Å². The second-order valence-electron chi connectivity index (χ2n) is 8.93. The maximum Gasteiger partial charge on any atom is 0.146 e. The molecule has 0 saturated carbocycles. The van der Waals surface area contributed by atoms with E-state index < -0.39 is 8.07 Å². The first-order valence-corrected chi connectivity index (χ1v) is 12.7. The van der Waals surface area contributed by atoms with Crippen LogP contribution in [0.15, 0.2) is 48.5 Å². The van der Waals surface area contributed by atoms with Gasteiger partial charge in [0, 0.05) is 10.9 Å². The Balaban J connectivity index is 2.25. The van der Waals surface area contributed by atoms with Crippen LogP contribution < -0.4 is 0 Å².